The van der Waals surface area contributed by atoms with E-state index in [1.54, 1.807) is 11.8 Å². The third-order valence-electron chi connectivity index (χ3n) is 5.33. The average molecular weight is 348 g/mol. The van der Waals surface area contributed by atoms with Crippen LogP contribution >= 0.6 is 0 Å². The quantitative estimate of drug-likeness (QED) is 0.790. The van der Waals surface area contributed by atoms with Crippen LogP contribution in [0.1, 0.15) is 39.0 Å². The van der Waals surface area contributed by atoms with Crippen molar-refractivity contribution in [2.24, 2.45) is 5.92 Å². The Morgan fingerprint density at radius 3 is 2.52 bits per heavy atom. The highest BCUT2D eigenvalue weighted by Gasteiger charge is 2.40. The second-order valence-corrected chi connectivity index (χ2v) is 7.08. The van der Waals surface area contributed by atoms with Gasteiger partial charge in [0, 0.05) is 31.2 Å². The first-order chi connectivity index (χ1) is 11.9. The Kier molecular flexibility index (Phi) is 4.83. The largest absolute Gasteiger partial charge is 0.481 e. The van der Waals surface area contributed by atoms with Crippen LogP contribution in [0.3, 0.4) is 0 Å². The van der Waals surface area contributed by atoms with Gasteiger partial charge in [-0.2, -0.15) is 0 Å². The lowest BCUT2D eigenvalue weighted by Crippen LogP contribution is -2.47. The van der Waals surface area contributed by atoms with Crippen molar-refractivity contribution in [3.63, 3.8) is 0 Å². The van der Waals surface area contributed by atoms with Crippen LogP contribution in [-0.4, -0.2) is 58.6 Å². The van der Waals surface area contributed by atoms with Crippen LogP contribution in [0, 0.1) is 5.92 Å². The second-order valence-electron chi connectivity index (χ2n) is 7.08. The van der Waals surface area contributed by atoms with E-state index in [1.807, 2.05) is 4.90 Å². The smallest absolute Gasteiger partial charge is 0.414 e. The van der Waals surface area contributed by atoms with Crippen LogP contribution in [0.15, 0.2) is 23.5 Å². The molecule has 7 nitrogen and oxygen atoms in total. The number of amides is 2. The highest BCUT2D eigenvalue weighted by Crippen LogP contribution is 2.37. The number of carboxylic acid groups (broad SMARTS) is 1. The van der Waals surface area contributed by atoms with E-state index in [0.29, 0.717) is 63.1 Å². The molecule has 1 N–H and O–H groups in total. The summed E-state index contributed by atoms with van der Waals surface area (Å²) in [5, 5.41) is 9.20. The Bertz CT molecular complexity index is 646. The maximum absolute atomic E-state index is 12.7. The second kappa shape index (κ2) is 6.90. The minimum Gasteiger partial charge on any atom is -0.481 e. The molecule has 0 radical (unpaired) electrons. The lowest BCUT2D eigenvalue weighted by atomic mass is 9.85. The SMILES string of the molecule is C=C(C)OC(=O)N1CCC(N2CC3=C(CC(C(=O)O)CC3)C2=O)CC1. The fourth-order valence-corrected chi connectivity index (χ4v) is 3.94. The van der Waals surface area contributed by atoms with Crippen LogP contribution in [0.25, 0.3) is 0 Å². The van der Waals surface area contributed by atoms with Crippen molar-refractivity contribution in [3.8, 4) is 0 Å². The number of nitrogens with zero attached hydrogens (tertiary/aromatic N) is 2. The van der Waals surface area contributed by atoms with Crippen molar-refractivity contribution in [1.82, 2.24) is 9.80 Å². The summed E-state index contributed by atoms with van der Waals surface area (Å²) in [6.45, 7) is 6.90. The highest BCUT2D eigenvalue weighted by atomic mass is 16.6. The van der Waals surface area contributed by atoms with Gasteiger partial charge in [0.2, 0.25) is 5.91 Å². The van der Waals surface area contributed by atoms with Crippen LogP contribution in [-0.2, 0) is 14.3 Å². The van der Waals surface area contributed by atoms with Crippen LogP contribution in [0.5, 0.6) is 0 Å². The molecule has 0 bridgehead atoms. The van der Waals surface area contributed by atoms with Gasteiger partial charge in [0.1, 0.15) is 0 Å². The molecule has 2 aliphatic heterocycles. The van der Waals surface area contributed by atoms with Crippen molar-refractivity contribution in [3.05, 3.63) is 23.5 Å². The number of hydrogen-bond donors (Lipinski definition) is 1. The molecule has 1 fully saturated rings. The standard InChI is InChI=1S/C18H24N2O5/c1-11(2)25-18(24)19-7-5-14(6-8-19)20-10-13-4-3-12(17(22)23)9-15(13)16(20)21/h12,14H,1,3-10H2,2H3,(H,22,23). The summed E-state index contributed by atoms with van der Waals surface area (Å²) in [7, 11) is 0. The van der Waals surface area contributed by atoms with E-state index >= 15 is 0 Å². The number of aliphatic carboxylic acids is 1. The molecule has 7 heteroatoms. The topological polar surface area (TPSA) is 87.2 Å². The van der Waals surface area contributed by atoms with Crippen LogP contribution < -0.4 is 0 Å². The molecule has 0 aromatic rings. The van der Waals surface area contributed by atoms with Gasteiger partial charge < -0.3 is 19.6 Å². The maximum atomic E-state index is 12.7. The first-order valence-electron chi connectivity index (χ1n) is 8.73. The van der Waals surface area contributed by atoms with Crippen molar-refractivity contribution in [1.29, 1.82) is 0 Å². The average Bonchev–Trinajstić information content (AvgIpc) is 2.91. The number of hydrogen-bond acceptors (Lipinski definition) is 4. The van der Waals surface area contributed by atoms with E-state index < -0.39 is 11.9 Å². The van der Waals surface area contributed by atoms with E-state index in [1.165, 1.54) is 0 Å². The fourth-order valence-electron chi connectivity index (χ4n) is 3.94. The Morgan fingerprint density at radius 2 is 1.92 bits per heavy atom. The summed E-state index contributed by atoms with van der Waals surface area (Å²) >= 11 is 0. The first-order valence-corrected chi connectivity index (χ1v) is 8.73. The van der Waals surface area contributed by atoms with Gasteiger partial charge in [0.25, 0.3) is 0 Å². The Balaban J connectivity index is 1.57. The molecular weight excluding hydrogens is 324 g/mol. The van der Waals surface area contributed by atoms with E-state index in [-0.39, 0.29) is 18.0 Å². The van der Waals surface area contributed by atoms with E-state index in [9.17, 15) is 19.5 Å². The zero-order chi connectivity index (χ0) is 18.1. The predicted octanol–water partition coefficient (Wildman–Crippen LogP) is 2.14. The first kappa shape index (κ1) is 17.5. The Labute approximate surface area is 146 Å². The van der Waals surface area contributed by atoms with Crippen LogP contribution in [0.4, 0.5) is 4.79 Å². The summed E-state index contributed by atoms with van der Waals surface area (Å²) in [5.41, 5.74) is 1.81. The molecule has 3 rings (SSSR count). The zero-order valence-corrected chi connectivity index (χ0v) is 14.5. The molecular formula is C18H24N2O5. The monoisotopic (exact) mass is 348 g/mol. The van der Waals surface area contributed by atoms with Crippen molar-refractivity contribution < 1.29 is 24.2 Å². The number of likely N-dealkylation sites (tertiary alicyclic amines) is 1. The van der Waals surface area contributed by atoms with Gasteiger partial charge in [0.05, 0.1) is 11.7 Å². The predicted molar refractivity (Wildman–Crippen MR) is 89.6 cm³/mol. The summed E-state index contributed by atoms with van der Waals surface area (Å²) in [6.07, 6.45) is 2.68. The lowest BCUT2D eigenvalue weighted by molar-refractivity contribution is -0.142. The number of carboxylic acids is 1. The van der Waals surface area contributed by atoms with Gasteiger partial charge in [0.15, 0.2) is 0 Å². The summed E-state index contributed by atoms with van der Waals surface area (Å²) in [4.78, 5) is 39.3. The third kappa shape index (κ3) is 3.55. The van der Waals surface area contributed by atoms with E-state index in [0.717, 1.165) is 5.57 Å². The van der Waals surface area contributed by atoms with Crippen LogP contribution in [0.2, 0.25) is 0 Å². The lowest BCUT2D eigenvalue weighted by Gasteiger charge is -2.36. The normalized spacial score (nSPS) is 24.4. The third-order valence-corrected chi connectivity index (χ3v) is 5.33. The number of carbonyl (C=O) groups excluding carboxylic acids is 2. The molecule has 3 aliphatic rings. The van der Waals surface area contributed by atoms with Gasteiger partial charge in [-0.15, -0.1) is 0 Å². The van der Waals surface area contributed by atoms with Gasteiger partial charge in [-0.05, 0) is 44.6 Å². The molecule has 1 atom stereocenters. The molecule has 0 aromatic heterocycles. The Hall–Kier alpha value is -2.31. The minimum absolute atomic E-state index is 0.0103. The molecule has 2 amide bonds. The summed E-state index contributed by atoms with van der Waals surface area (Å²) < 4.78 is 5.03. The number of piperidine rings is 1. The molecule has 25 heavy (non-hydrogen) atoms. The number of ether oxygens (including phenoxy) is 1. The van der Waals surface area contributed by atoms with Crippen molar-refractivity contribution in [2.75, 3.05) is 19.6 Å². The van der Waals surface area contributed by atoms with Gasteiger partial charge in [-0.3, -0.25) is 9.59 Å². The van der Waals surface area contributed by atoms with Gasteiger partial charge in [-0.1, -0.05) is 6.58 Å². The molecule has 0 spiro atoms. The molecule has 1 aliphatic carbocycles. The molecule has 0 aromatic carbocycles. The maximum Gasteiger partial charge on any atom is 0.414 e. The molecule has 136 valence electrons. The number of carbonyl (C=O) groups is 3. The molecule has 1 saturated heterocycles. The highest BCUT2D eigenvalue weighted by molar-refractivity contribution is 5.98. The van der Waals surface area contributed by atoms with Gasteiger partial charge >= 0.3 is 12.1 Å². The minimum atomic E-state index is -0.817. The zero-order valence-electron chi connectivity index (χ0n) is 14.5. The fraction of sp³-hybridized carbons (Fsp3) is 0.611. The van der Waals surface area contributed by atoms with Crippen molar-refractivity contribution >= 4 is 18.0 Å². The number of rotatable bonds is 3. The Morgan fingerprint density at radius 1 is 1.24 bits per heavy atom. The molecule has 2 heterocycles. The van der Waals surface area contributed by atoms with Gasteiger partial charge in [-0.25, -0.2) is 4.79 Å². The number of allylic oxidation sites excluding steroid dienone is 1. The van der Waals surface area contributed by atoms with Crippen molar-refractivity contribution in [2.45, 2.75) is 45.1 Å². The molecule has 0 saturated carbocycles. The molecule has 1 unspecified atom stereocenters. The van der Waals surface area contributed by atoms with E-state index in [4.69, 9.17) is 4.74 Å². The summed E-state index contributed by atoms with van der Waals surface area (Å²) in [5.74, 6) is -0.904. The summed E-state index contributed by atoms with van der Waals surface area (Å²) in [6, 6.07) is 0.0928. The van der Waals surface area contributed by atoms with E-state index in [2.05, 4.69) is 6.58 Å².